The zero-order chi connectivity index (χ0) is 7.40. The molecule has 3 heteroatoms. The summed E-state index contributed by atoms with van der Waals surface area (Å²) in [5.41, 5.74) is 5.51. The van der Waals surface area contributed by atoms with Crippen molar-refractivity contribution in [3.63, 3.8) is 0 Å². The Labute approximate surface area is 60.8 Å². The summed E-state index contributed by atoms with van der Waals surface area (Å²) in [5, 5.41) is 8.46. The highest BCUT2D eigenvalue weighted by molar-refractivity contribution is 4.92. The average Bonchev–Trinajstić information content (AvgIpc) is 2.05. The van der Waals surface area contributed by atoms with E-state index in [1.165, 1.54) is 0 Å². The third-order valence-electron chi connectivity index (χ3n) is 1.85. The minimum atomic E-state index is -0.333. The molecule has 0 bridgehead atoms. The first-order chi connectivity index (χ1) is 4.84. The fraction of sp³-hybridized carbons (Fsp3) is 0.857. The van der Waals surface area contributed by atoms with Crippen LogP contribution in [-0.4, -0.2) is 19.3 Å². The van der Waals surface area contributed by atoms with Crippen molar-refractivity contribution in [1.29, 1.82) is 5.26 Å². The van der Waals surface area contributed by atoms with Crippen molar-refractivity contribution in [2.75, 3.05) is 13.2 Å². The molecule has 0 aliphatic carbocycles. The highest BCUT2D eigenvalue weighted by atomic mass is 16.5. The second-order valence-electron chi connectivity index (χ2n) is 2.63. The van der Waals surface area contributed by atoms with Crippen LogP contribution in [0.5, 0.6) is 0 Å². The van der Waals surface area contributed by atoms with E-state index in [0.29, 0.717) is 6.61 Å². The maximum Gasteiger partial charge on any atom is 0.0978 e. The van der Waals surface area contributed by atoms with Gasteiger partial charge in [0.1, 0.15) is 0 Å². The van der Waals surface area contributed by atoms with Gasteiger partial charge in [-0.05, 0) is 12.8 Å². The Balaban J connectivity index is 2.33. The predicted molar refractivity (Wildman–Crippen MR) is 37.1 cm³/mol. The van der Waals surface area contributed by atoms with E-state index in [-0.39, 0.29) is 12.0 Å². The first kappa shape index (κ1) is 7.52. The number of nitriles is 1. The molecular weight excluding hydrogens is 128 g/mol. The number of rotatable bonds is 1. The van der Waals surface area contributed by atoms with Crippen LogP contribution in [0.4, 0.5) is 0 Å². The van der Waals surface area contributed by atoms with Crippen LogP contribution < -0.4 is 5.73 Å². The van der Waals surface area contributed by atoms with Gasteiger partial charge >= 0.3 is 0 Å². The van der Waals surface area contributed by atoms with Crippen LogP contribution in [0, 0.1) is 17.2 Å². The topological polar surface area (TPSA) is 59.0 Å². The molecule has 1 fully saturated rings. The Morgan fingerprint density at radius 2 is 2.50 bits per heavy atom. The minimum absolute atomic E-state index is 0.263. The highest BCUT2D eigenvalue weighted by Crippen LogP contribution is 2.15. The third-order valence-corrected chi connectivity index (χ3v) is 1.85. The summed E-state index contributed by atoms with van der Waals surface area (Å²) in [5.74, 6) is 0.263. The molecule has 10 heavy (non-hydrogen) atoms. The van der Waals surface area contributed by atoms with Gasteiger partial charge in [-0.2, -0.15) is 5.26 Å². The summed E-state index contributed by atoms with van der Waals surface area (Å²) in [6.07, 6.45) is 2.08. The van der Waals surface area contributed by atoms with Crippen molar-refractivity contribution in [3.8, 4) is 6.07 Å². The average molecular weight is 140 g/mol. The first-order valence-corrected chi connectivity index (χ1v) is 3.57. The van der Waals surface area contributed by atoms with Gasteiger partial charge in [-0.15, -0.1) is 0 Å². The standard InChI is InChI=1S/C7H12N2O/c8-4-7(9)6-2-1-3-10-5-6/h6-7H,1-3,5,9H2. The zero-order valence-electron chi connectivity index (χ0n) is 5.92. The van der Waals surface area contributed by atoms with Crippen LogP contribution in [0.15, 0.2) is 0 Å². The number of nitrogens with two attached hydrogens (primary N) is 1. The molecule has 0 amide bonds. The second kappa shape index (κ2) is 3.55. The van der Waals surface area contributed by atoms with Crippen molar-refractivity contribution < 1.29 is 4.74 Å². The first-order valence-electron chi connectivity index (χ1n) is 3.57. The van der Waals surface area contributed by atoms with Crippen LogP contribution in [0.25, 0.3) is 0 Å². The van der Waals surface area contributed by atoms with Gasteiger partial charge in [-0.25, -0.2) is 0 Å². The van der Waals surface area contributed by atoms with Crippen molar-refractivity contribution >= 4 is 0 Å². The van der Waals surface area contributed by atoms with E-state index >= 15 is 0 Å². The van der Waals surface area contributed by atoms with E-state index in [2.05, 4.69) is 0 Å². The second-order valence-corrected chi connectivity index (χ2v) is 2.63. The molecule has 1 rings (SSSR count). The normalized spacial score (nSPS) is 29.0. The van der Waals surface area contributed by atoms with Crippen LogP contribution in [0.3, 0.4) is 0 Å². The fourth-order valence-corrected chi connectivity index (χ4v) is 1.15. The quantitative estimate of drug-likeness (QED) is 0.568. The van der Waals surface area contributed by atoms with E-state index in [0.717, 1.165) is 19.4 Å². The number of nitrogens with zero attached hydrogens (tertiary/aromatic N) is 1. The smallest absolute Gasteiger partial charge is 0.0978 e. The van der Waals surface area contributed by atoms with Crippen LogP contribution in [0.1, 0.15) is 12.8 Å². The fourth-order valence-electron chi connectivity index (χ4n) is 1.15. The van der Waals surface area contributed by atoms with E-state index in [4.69, 9.17) is 15.7 Å². The summed E-state index contributed by atoms with van der Waals surface area (Å²) < 4.78 is 5.17. The maximum absolute atomic E-state index is 8.46. The molecule has 0 aromatic carbocycles. The van der Waals surface area contributed by atoms with Crippen molar-refractivity contribution in [2.24, 2.45) is 11.7 Å². The molecule has 0 spiro atoms. The molecule has 1 aliphatic heterocycles. The summed E-state index contributed by atoms with van der Waals surface area (Å²) in [6.45, 7) is 1.49. The van der Waals surface area contributed by atoms with Gasteiger partial charge in [-0.3, -0.25) is 0 Å². The summed E-state index contributed by atoms with van der Waals surface area (Å²) in [4.78, 5) is 0. The maximum atomic E-state index is 8.46. The molecule has 1 aliphatic rings. The lowest BCUT2D eigenvalue weighted by Crippen LogP contribution is -2.34. The Kier molecular flexibility index (Phi) is 2.67. The molecule has 1 saturated heterocycles. The minimum Gasteiger partial charge on any atom is -0.381 e. The molecule has 0 radical (unpaired) electrons. The summed E-state index contributed by atoms with van der Waals surface area (Å²) in [6, 6.07) is 1.70. The molecule has 2 unspecified atom stereocenters. The third kappa shape index (κ3) is 1.69. The Morgan fingerprint density at radius 1 is 1.70 bits per heavy atom. The summed E-state index contributed by atoms with van der Waals surface area (Å²) >= 11 is 0. The molecule has 2 atom stereocenters. The predicted octanol–water partition coefficient (Wildman–Crippen LogP) is 0.264. The van der Waals surface area contributed by atoms with E-state index in [9.17, 15) is 0 Å². The van der Waals surface area contributed by atoms with Gasteiger partial charge in [0.2, 0.25) is 0 Å². The zero-order valence-corrected chi connectivity index (χ0v) is 5.92. The van der Waals surface area contributed by atoms with Gasteiger partial charge in [0, 0.05) is 12.5 Å². The molecule has 2 N–H and O–H groups in total. The van der Waals surface area contributed by atoms with Crippen molar-refractivity contribution in [3.05, 3.63) is 0 Å². The molecule has 0 saturated carbocycles. The number of hydrogen-bond donors (Lipinski definition) is 1. The summed E-state index contributed by atoms with van der Waals surface area (Å²) in [7, 11) is 0. The Bertz CT molecular complexity index is 135. The lowest BCUT2D eigenvalue weighted by molar-refractivity contribution is 0.0512. The monoisotopic (exact) mass is 140 g/mol. The van der Waals surface area contributed by atoms with Crippen LogP contribution >= 0.6 is 0 Å². The van der Waals surface area contributed by atoms with E-state index < -0.39 is 0 Å². The number of ether oxygens (including phenoxy) is 1. The van der Waals surface area contributed by atoms with Gasteiger partial charge in [-0.1, -0.05) is 0 Å². The Hall–Kier alpha value is -0.590. The van der Waals surface area contributed by atoms with Crippen molar-refractivity contribution in [2.45, 2.75) is 18.9 Å². The molecular formula is C7H12N2O. The largest absolute Gasteiger partial charge is 0.381 e. The number of hydrogen-bond acceptors (Lipinski definition) is 3. The molecule has 0 aromatic heterocycles. The van der Waals surface area contributed by atoms with Gasteiger partial charge in [0.25, 0.3) is 0 Å². The molecule has 3 nitrogen and oxygen atoms in total. The highest BCUT2D eigenvalue weighted by Gasteiger charge is 2.20. The van der Waals surface area contributed by atoms with E-state index in [1.54, 1.807) is 0 Å². The lowest BCUT2D eigenvalue weighted by atomic mass is 9.95. The SMILES string of the molecule is N#CC(N)C1CCCOC1. The lowest BCUT2D eigenvalue weighted by Gasteiger charge is -2.23. The molecule has 1 heterocycles. The molecule has 0 aromatic rings. The molecule has 56 valence electrons. The Morgan fingerprint density at radius 3 is 3.00 bits per heavy atom. The van der Waals surface area contributed by atoms with Gasteiger partial charge in [0.15, 0.2) is 0 Å². The van der Waals surface area contributed by atoms with Gasteiger partial charge < -0.3 is 10.5 Å². The van der Waals surface area contributed by atoms with E-state index in [1.807, 2.05) is 6.07 Å². The van der Waals surface area contributed by atoms with Gasteiger partial charge in [0.05, 0.1) is 18.7 Å². The van der Waals surface area contributed by atoms with Crippen LogP contribution in [0.2, 0.25) is 0 Å². The van der Waals surface area contributed by atoms with Crippen LogP contribution in [-0.2, 0) is 4.74 Å². The van der Waals surface area contributed by atoms with Crippen molar-refractivity contribution in [1.82, 2.24) is 0 Å².